The van der Waals surface area contributed by atoms with Crippen LogP contribution < -0.4 is 10.1 Å². The Hall–Kier alpha value is -3.65. The summed E-state index contributed by atoms with van der Waals surface area (Å²) in [5.74, 6) is -0.155. The molecule has 0 saturated carbocycles. The molecule has 5 heteroatoms. The van der Waals surface area contributed by atoms with Crippen molar-refractivity contribution in [3.8, 4) is 11.8 Å². The van der Waals surface area contributed by atoms with Crippen LogP contribution in [0.2, 0.25) is 0 Å². The number of rotatable bonds is 6. The average Bonchev–Trinajstić information content (AvgIpc) is 2.69. The van der Waals surface area contributed by atoms with E-state index in [4.69, 9.17) is 10.00 Å². The van der Waals surface area contributed by atoms with E-state index in [0.717, 1.165) is 11.1 Å². The maximum absolute atomic E-state index is 13.0. The molecule has 0 saturated heterocycles. The Bertz CT molecular complexity index is 961. The third kappa shape index (κ3) is 4.93. The van der Waals surface area contributed by atoms with Crippen molar-refractivity contribution in [1.29, 1.82) is 5.26 Å². The summed E-state index contributed by atoms with van der Waals surface area (Å²) in [6.45, 7) is 0.230. The van der Waals surface area contributed by atoms with Gasteiger partial charge in [-0.2, -0.15) is 5.26 Å². The predicted octanol–water partition coefficient (Wildman–Crippen LogP) is 4.72. The number of carbonyl (C=O) groups is 1. The largest absolute Gasteiger partial charge is 0.488 e. The SMILES string of the molecule is N#CCc1ccc(NC(=O)c2ccccc2OCc2ccc(F)cc2)cc1. The van der Waals surface area contributed by atoms with Gasteiger partial charge < -0.3 is 10.1 Å². The van der Waals surface area contributed by atoms with E-state index < -0.39 is 0 Å². The minimum atomic E-state index is -0.306. The molecule has 0 aliphatic rings. The monoisotopic (exact) mass is 360 g/mol. The highest BCUT2D eigenvalue weighted by Crippen LogP contribution is 2.21. The number of ether oxygens (including phenoxy) is 1. The number of carbonyl (C=O) groups excluding carboxylic acids is 1. The zero-order chi connectivity index (χ0) is 19.1. The predicted molar refractivity (Wildman–Crippen MR) is 101 cm³/mol. The fourth-order valence-corrected chi connectivity index (χ4v) is 2.52. The Morgan fingerprint density at radius 3 is 2.33 bits per heavy atom. The van der Waals surface area contributed by atoms with Crippen molar-refractivity contribution in [2.75, 3.05) is 5.32 Å². The summed E-state index contributed by atoms with van der Waals surface area (Å²) in [6.07, 6.45) is 0.328. The molecule has 0 aliphatic heterocycles. The molecule has 3 aromatic carbocycles. The molecule has 3 aromatic rings. The number of amides is 1. The van der Waals surface area contributed by atoms with Gasteiger partial charge in [0, 0.05) is 5.69 Å². The topological polar surface area (TPSA) is 62.1 Å². The summed E-state index contributed by atoms with van der Waals surface area (Å²) in [4.78, 5) is 12.6. The van der Waals surface area contributed by atoms with Gasteiger partial charge in [-0.05, 0) is 47.5 Å². The Morgan fingerprint density at radius 1 is 0.963 bits per heavy atom. The van der Waals surface area contributed by atoms with E-state index in [-0.39, 0.29) is 18.3 Å². The minimum absolute atomic E-state index is 0.230. The van der Waals surface area contributed by atoms with Gasteiger partial charge in [-0.15, -0.1) is 0 Å². The van der Waals surface area contributed by atoms with Crippen LogP contribution in [-0.4, -0.2) is 5.91 Å². The number of benzene rings is 3. The van der Waals surface area contributed by atoms with Gasteiger partial charge in [0.1, 0.15) is 18.2 Å². The number of nitriles is 1. The summed E-state index contributed by atoms with van der Waals surface area (Å²) >= 11 is 0. The van der Waals surface area contributed by atoms with Gasteiger partial charge in [0.2, 0.25) is 0 Å². The van der Waals surface area contributed by atoms with E-state index >= 15 is 0 Å². The quantitative estimate of drug-likeness (QED) is 0.692. The standard InChI is InChI=1S/C22H17FN2O2/c23-18-9-5-17(6-10-18)15-27-21-4-2-1-3-20(21)22(26)25-19-11-7-16(8-12-19)13-14-24/h1-12H,13,15H2,(H,25,26). The Labute approximate surface area is 156 Å². The molecule has 0 spiro atoms. The van der Waals surface area contributed by atoms with Gasteiger partial charge in [0.05, 0.1) is 18.1 Å². The summed E-state index contributed by atoms with van der Waals surface area (Å²) in [5, 5.41) is 11.5. The van der Waals surface area contributed by atoms with E-state index in [1.165, 1.54) is 12.1 Å². The number of hydrogen-bond acceptors (Lipinski definition) is 3. The Morgan fingerprint density at radius 2 is 1.63 bits per heavy atom. The minimum Gasteiger partial charge on any atom is -0.488 e. The number of nitrogens with zero attached hydrogens (tertiary/aromatic N) is 1. The van der Waals surface area contributed by atoms with Crippen LogP contribution in [-0.2, 0) is 13.0 Å². The van der Waals surface area contributed by atoms with Crippen molar-refractivity contribution in [3.05, 3.63) is 95.3 Å². The molecule has 0 bridgehead atoms. The average molecular weight is 360 g/mol. The summed E-state index contributed by atoms with van der Waals surface area (Å²) < 4.78 is 18.7. The van der Waals surface area contributed by atoms with Crippen molar-refractivity contribution < 1.29 is 13.9 Å². The summed E-state index contributed by atoms with van der Waals surface area (Å²) in [5.41, 5.74) is 2.73. The molecular weight excluding hydrogens is 343 g/mol. The van der Waals surface area contributed by atoms with E-state index in [1.807, 2.05) is 0 Å². The maximum atomic E-state index is 13.0. The molecule has 0 aliphatic carbocycles. The van der Waals surface area contributed by atoms with Crippen LogP contribution in [0.1, 0.15) is 21.5 Å². The van der Waals surface area contributed by atoms with Crippen LogP contribution in [0.5, 0.6) is 5.75 Å². The highest BCUT2D eigenvalue weighted by Gasteiger charge is 2.12. The van der Waals surface area contributed by atoms with E-state index in [2.05, 4.69) is 11.4 Å². The first-order valence-corrected chi connectivity index (χ1v) is 8.39. The molecule has 0 radical (unpaired) electrons. The van der Waals surface area contributed by atoms with Crippen LogP contribution in [0.3, 0.4) is 0 Å². The first-order chi connectivity index (χ1) is 13.2. The lowest BCUT2D eigenvalue weighted by molar-refractivity contribution is 0.102. The second-order valence-corrected chi connectivity index (χ2v) is 5.90. The molecule has 0 fully saturated rings. The molecule has 0 heterocycles. The van der Waals surface area contributed by atoms with Crippen molar-refractivity contribution in [3.63, 3.8) is 0 Å². The molecule has 0 aromatic heterocycles. The molecule has 4 nitrogen and oxygen atoms in total. The van der Waals surface area contributed by atoms with Gasteiger partial charge in [0.25, 0.3) is 5.91 Å². The van der Waals surface area contributed by atoms with Crippen molar-refractivity contribution in [2.24, 2.45) is 0 Å². The molecule has 134 valence electrons. The van der Waals surface area contributed by atoms with Gasteiger partial charge in [-0.1, -0.05) is 36.4 Å². The highest BCUT2D eigenvalue weighted by molar-refractivity contribution is 6.06. The lowest BCUT2D eigenvalue weighted by Crippen LogP contribution is -2.13. The summed E-state index contributed by atoms with van der Waals surface area (Å²) in [7, 11) is 0. The van der Waals surface area contributed by atoms with Gasteiger partial charge in [-0.3, -0.25) is 4.79 Å². The molecule has 1 N–H and O–H groups in total. The zero-order valence-electron chi connectivity index (χ0n) is 14.5. The van der Waals surface area contributed by atoms with E-state index in [1.54, 1.807) is 60.7 Å². The number of anilines is 1. The third-order valence-corrected chi connectivity index (χ3v) is 3.93. The van der Waals surface area contributed by atoms with Crippen LogP contribution >= 0.6 is 0 Å². The van der Waals surface area contributed by atoms with Crippen LogP contribution in [0.15, 0.2) is 72.8 Å². The van der Waals surface area contributed by atoms with Gasteiger partial charge >= 0.3 is 0 Å². The molecule has 0 unspecified atom stereocenters. The van der Waals surface area contributed by atoms with Crippen LogP contribution in [0.4, 0.5) is 10.1 Å². The molecule has 0 atom stereocenters. The zero-order valence-corrected chi connectivity index (χ0v) is 14.5. The second-order valence-electron chi connectivity index (χ2n) is 5.90. The van der Waals surface area contributed by atoms with E-state index in [0.29, 0.717) is 23.4 Å². The molecule has 27 heavy (non-hydrogen) atoms. The first-order valence-electron chi connectivity index (χ1n) is 8.39. The molecule has 3 rings (SSSR count). The Kier molecular flexibility index (Phi) is 5.80. The lowest BCUT2D eigenvalue weighted by Gasteiger charge is -2.12. The second kappa shape index (κ2) is 8.63. The number of hydrogen-bond donors (Lipinski definition) is 1. The fourth-order valence-electron chi connectivity index (χ4n) is 2.52. The fraction of sp³-hybridized carbons (Fsp3) is 0.0909. The van der Waals surface area contributed by atoms with Gasteiger partial charge in [0.15, 0.2) is 0 Å². The normalized spacial score (nSPS) is 10.1. The number of nitrogens with one attached hydrogen (secondary N) is 1. The Balaban J connectivity index is 1.69. The number of halogens is 1. The first kappa shape index (κ1) is 18.2. The van der Waals surface area contributed by atoms with Gasteiger partial charge in [-0.25, -0.2) is 4.39 Å². The van der Waals surface area contributed by atoms with Crippen molar-refractivity contribution in [1.82, 2.24) is 0 Å². The van der Waals surface area contributed by atoms with Crippen LogP contribution in [0, 0.1) is 17.1 Å². The third-order valence-electron chi connectivity index (χ3n) is 3.93. The molecule has 1 amide bonds. The lowest BCUT2D eigenvalue weighted by atomic mass is 10.1. The molecular formula is C22H17FN2O2. The van der Waals surface area contributed by atoms with E-state index in [9.17, 15) is 9.18 Å². The number of para-hydroxylation sites is 1. The maximum Gasteiger partial charge on any atom is 0.259 e. The van der Waals surface area contributed by atoms with Crippen LogP contribution in [0.25, 0.3) is 0 Å². The summed E-state index contributed by atoms with van der Waals surface area (Å²) in [6, 6.07) is 22.2. The van der Waals surface area contributed by atoms with Crippen molar-refractivity contribution in [2.45, 2.75) is 13.0 Å². The smallest absolute Gasteiger partial charge is 0.259 e. The van der Waals surface area contributed by atoms with Crippen molar-refractivity contribution >= 4 is 11.6 Å². The highest BCUT2D eigenvalue weighted by atomic mass is 19.1.